The molecule has 0 atom stereocenters. The molecule has 1 heterocycles. The quantitative estimate of drug-likeness (QED) is 0.830. The van der Waals surface area contributed by atoms with Gasteiger partial charge in [0, 0.05) is 30.2 Å². The minimum absolute atomic E-state index is 0.106. The number of hydrogen-bond donors (Lipinski definition) is 0. The molecular weight excluding hydrogens is 284 g/mol. The lowest BCUT2D eigenvalue weighted by Crippen LogP contribution is -2.40. The van der Waals surface area contributed by atoms with Crippen LogP contribution in [0.15, 0.2) is 18.2 Å². The van der Waals surface area contributed by atoms with Crippen LogP contribution in [0, 0.1) is 6.92 Å². The fraction of sp³-hybridized carbons (Fsp3) is 0.588. The normalized spacial score (nSPS) is 16.0. The largest absolute Gasteiger partial charge is 0.338 e. The Labute approximate surface area is 132 Å². The first-order valence-electron chi connectivity index (χ1n) is 7.89. The van der Waals surface area contributed by atoms with Crippen molar-refractivity contribution in [1.29, 1.82) is 0 Å². The van der Waals surface area contributed by atoms with Crippen LogP contribution in [0.3, 0.4) is 0 Å². The number of carbonyl (C=O) groups excluding carboxylic acids is 1. The Morgan fingerprint density at radius 2 is 2.00 bits per heavy atom. The van der Waals surface area contributed by atoms with E-state index in [1.807, 2.05) is 36.9 Å². The second kappa shape index (κ2) is 7.81. The number of likely N-dealkylation sites (tertiary alicyclic amines) is 1. The van der Waals surface area contributed by atoms with Crippen molar-refractivity contribution in [2.45, 2.75) is 33.1 Å². The van der Waals surface area contributed by atoms with Crippen LogP contribution in [-0.2, 0) is 0 Å². The van der Waals surface area contributed by atoms with Crippen molar-refractivity contribution in [3.8, 4) is 0 Å². The number of carbonyl (C=O) groups is 1. The van der Waals surface area contributed by atoms with Gasteiger partial charge in [0.1, 0.15) is 0 Å². The van der Waals surface area contributed by atoms with Gasteiger partial charge in [-0.05, 0) is 63.5 Å². The fourth-order valence-electron chi connectivity index (χ4n) is 2.81. The Bertz CT molecular complexity index is 484. The maximum atomic E-state index is 12.6. The summed E-state index contributed by atoms with van der Waals surface area (Å²) in [5.74, 6) is 0.106. The standard InChI is InChI=1S/C17H25ClN2O/c1-3-20(12-11-19-9-5-4-6-10-19)17(21)15-7-8-16(18)14(2)13-15/h7-8,13H,3-6,9-12H2,1-2H3. The van der Waals surface area contributed by atoms with Crippen LogP contribution in [0.2, 0.25) is 5.02 Å². The Morgan fingerprint density at radius 1 is 1.29 bits per heavy atom. The van der Waals surface area contributed by atoms with Crippen molar-refractivity contribution >= 4 is 17.5 Å². The number of aryl methyl sites for hydroxylation is 1. The van der Waals surface area contributed by atoms with Gasteiger partial charge in [0.15, 0.2) is 0 Å². The minimum Gasteiger partial charge on any atom is -0.338 e. The van der Waals surface area contributed by atoms with Crippen LogP contribution >= 0.6 is 11.6 Å². The number of piperidine rings is 1. The maximum absolute atomic E-state index is 12.6. The monoisotopic (exact) mass is 308 g/mol. The summed E-state index contributed by atoms with van der Waals surface area (Å²) in [7, 11) is 0. The van der Waals surface area contributed by atoms with Crippen LogP contribution in [0.1, 0.15) is 42.1 Å². The summed E-state index contributed by atoms with van der Waals surface area (Å²) in [5, 5.41) is 0.711. The predicted octanol–water partition coefficient (Wildman–Crippen LogP) is 3.60. The molecule has 0 aliphatic carbocycles. The molecule has 1 fully saturated rings. The average molecular weight is 309 g/mol. The first-order valence-corrected chi connectivity index (χ1v) is 8.27. The van der Waals surface area contributed by atoms with E-state index in [1.165, 1.54) is 32.4 Å². The third kappa shape index (κ3) is 4.45. The number of nitrogens with zero attached hydrogens (tertiary/aromatic N) is 2. The molecule has 0 unspecified atom stereocenters. The Balaban J connectivity index is 1.95. The molecule has 1 aliphatic heterocycles. The van der Waals surface area contributed by atoms with Gasteiger partial charge >= 0.3 is 0 Å². The van der Waals surface area contributed by atoms with Crippen LogP contribution in [0.25, 0.3) is 0 Å². The highest BCUT2D eigenvalue weighted by Gasteiger charge is 2.17. The van der Waals surface area contributed by atoms with Gasteiger partial charge in [-0.25, -0.2) is 0 Å². The van der Waals surface area contributed by atoms with Crippen molar-refractivity contribution in [1.82, 2.24) is 9.80 Å². The van der Waals surface area contributed by atoms with Crippen molar-refractivity contribution in [2.75, 3.05) is 32.7 Å². The summed E-state index contributed by atoms with van der Waals surface area (Å²) in [6, 6.07) is 5.51. The van der Waals surface area contributed by atoms with Gasteiger partial charge in [-0.1, -0.05) is 18.0 Å². The Kier molecular flexibility index (Phi) is 6.07. The van der Waals surface area contributed by atoms with Gasteiger partial charge < -0.3 is 9.80 Å². The molecule has 1 aliphatic rings. The summed E-state index contributed by atoms with van der Waals surface area (Å²) in [4.78, 5) is 17.0. The van der Waals surface area contributed by atoms with E-state index in [-0.39, 0.29) is 5.91 Å². The van der Waals surface area contributed by atoms with Crippen LogP contribution in [0.5, 0.6) is 0 Å². The summed E-state index contributed by atoms with van der Waals surface area (Å²) < 4.78 is 0. The molecule has 1 aromatic rings. The molecular formula is C17H25ClN2O. The molecule has 0 bridgehead atoms. The third-order valence-corrected chi connectivity index (χ3v) is 4.63. The highest BCUT2D eigenvalue weighted by Crippen LogP contribution is 2.17. The van der Waals surface area contributed by atoms with Crippen molar-refractivity contribution in [2.24, 2.45) is 0 Å². The molecule has 3 nitrogen and oxygen atoms in total. The lowest BCUT2D eigenvalue weighted by Gasteiger charge is -2.29. The van der Waals surface area contributed by atoms with E-state index in [2.05, 4.69) is 4.90 Å². The number of likely N-dealkylation sites (N-methyl/N-ethyl adjacent to an activating group) is 1. The lowest BCUT2D eigenvalue weighted by molar-refractivity contribution is 0.0739. The predicted molar refractivity (Wildman–Crippen MR) is 88.1 cm³/mol. The Hall–Kier alpha value is -1.06. The Morgan fingerprint density at radius 3 is 2.62 bits per heavy atom. The lowest BCUT2D eigenvalue weighted by atomic mass is 10.1. The molecule has 21 heavy (non-hydrogen) atoms. The van der Waals surface area contributed by atoms with Gasteiger partial charge in [0.2, 0.25) is 0 Å². The molecule has 1 saturated heterocycles. The first-order chi connectivity index (χ1) is 10.1. The number of amides is 1. The summed E-state index contributed by atoms with van der Waals surface area (Å²) in [6.45, 7) is 8.84. The van der Waals surface area contributed by atoms with Crippen LogP contribution < -0.4 is 0 Å². The highest BCUT2D eigenvalue weighted by atomic mass is 35.5. The molecule has 1 aromatic carbocycles. The van der Waals surface area contributed by atoms with Gasteiger partial charge in [-0.2, -0.15) is 0 Å². The third-order valence-electron chi connectivity index (χ3n) is 4.21. The zero-order valence-corrected chi connectivity index (χ0v) is 13.8. The molecule has 0 N–H and O–H groups in total. The molecule has 0 aromatic heterocycles. The molecule has 1 amide bonds. The smallest absolute Gasteiger partial charge is 0.253 e. The average Bonchev–Trinajstić information content (AvgIpc) is 2.51. The highest BCUT2D eigenvalue weighted by molar-refractivity contribution is 6.31. The maximum Gasteiger partial charge on any atom is 0.253 e. The number of benzene rings is 1. The van der Waals surface area contributed by atoms with Gasteiger partial charge in [0.25, 0.3) is 5.91 Å². The number of halogens is 1. The zero-order valence-electron chi connectivity index (χ0n) is 13.1. The summed E-state index contributed by atoms with van der Waals surface area (Å²) in [6.07, 6.45) is 3.92. The molecule has 0 spiro atoms. The van der Waals surface area contributed by atoms with Gasteiger partial charge in [-0.3, -0.25) is 4.79 Å². The van der Waals surface area contributed by atoms with E-state index in [4.69, 9.17) is 11.6 Å². The van der Waals surface area contributed by atoms with E-state index in [0.717, 1.165) is 30.8 Å². The second-order valence-corrected chi connectivity index (χ2v) is 6.16. The summed E-state index contributed by atoms with van der Waals surface area (Å²) >= 11 is 6.03. The minimum atomic E-state index is 0.106. The number of hydrogen-bond acceptors (Lipinski definition) is 2. The first kappa shape index (κ1) is 16.3. The molecule has 2 rings (SSSR count). The van der Waals surface area contributed by atoms with Crippen molar-refractivity contribution in [3.63, 3.8) is 0 Å². The van der Waals surface area contributed by atoms with Gasteiger partial charge in [0.05, 0.1) is 0 Å². The topological polar surface area (TPSA) is 23.6 Å². The van der Waals surface area contributed by atoms with E-state index in [0.29, 0.717) is 5.02 Å². The summed E-state index contributed by atoms with van der Waals surface area (Å²) in [5.41, 5.74) is 1.69. The SMILES string of the molecule is CCN(CCN1CCCCC1)C(=O)c1ccc(Cl)c(C)c1. The van der Waals surface area contributed by atoms with Crippen LogP contribution in [-0.4, -0.2) is 48.4 Å². The molecule has 4 heteroatoms. The molecule has 116 valence electrons. The number of rotatable bonds is 5. The molecule has 0 radical (unpaired) electrons. The van der Waals surface area contributed by atoms with Crippen molar-refractivity contribution in [3.05, 3.63) is 34.3 Å². The van der Waals surface area contributed by atoms with Crippen molar-refractivity contribution < 1.29 is 4.79 Å². The van der Waals surface area contributed by atoms with E-state index in [9.17, 15) is 4.79 Å². The fourth-order valence-corrected chi connectivity index (χ4v) is 2.93. The second-order valence-electron chi connectivity index (χ2n) is 5.75. The van der Waals surface area contributed by atoms with Crippen LogP contribution in [0.4, 0.5) is 0 Å². The van der Waals surface area contributed by atoms with E-state index < -0.39 is 0 Å². The molecule has 0 saturated carbocycles. The van der Waals surface area contributed by atoms with E-state index >= 15 is 0 Å². The zero-order chi connectivity index (χ0) is 15.2. The van der Waals surface area contributed by atoms with E-state index in [1.54, 1.807) is 0 Å². The van der Waals surface area contributed by atoms with Gasteiger partial charge in [-0.15, -0.1) is 0 Å².